The van der Waals surface area contributed by atoms with Gasteiger partial charge in [0.2, 0.25) is 0 Å². The third kappa shape index (κ3) is 3.28. The first-order valence-corrected chi connectivity index (χ1v) is 7.18. The number of aromatic nitrogens is 2. The summed E-state index contributed by atoms with van der Waals surface area (Å²) in [5.41, 5.74) is 7.47. The van der Waals surface area contributed by atoms with Crippen molar-refractivity contribution >= 4 is 11.6 Å². The number of hydrogen-bond acceptors (Lipinski definition) is 3. The highest BCUT2D eigenvalue weighted by atomic mass is 16.2. The summed E-state index contributed by atoms with van der Waals surface area (Å²) in [7, 11) is 0. The van der Waals surface area contributed by atoms with Gasteiger partial charge in [0.05, 0.1) is 11.4 Å². The Hall–Kier alpha value is -1.52. The van der Waals surface area contributed by atoms with Crippen molar-refractivity contribution in [1.82, 2.24) is 15.5 Å². The van der Waals surface area contributed by atoms with E-state index in [2.05, 4.69) is 43.2 Å². The molecule has 0 spiro atoms. The van der Waals surface area contributed by atoms with E-state index >= 15 is 0 Å². The van der Waals surface area contributed by atoms with Crippen molar-refractivity contribution in [2.75, 3.05) is 5.73 Å². The van der Waals surface area contributed by atoms with E-state index in [4.69, 9.17) is 5.73 Å². The molecule has 1 amide bonds. The standard InChI is InChI=1S/C14H26N4O/c1-5-9-10-11(15)12(18-17-10)13(19)16-14(6-2,7-3)8-4/h5-9,15H2,1-4H3,(H,16,19)(H,17,18). The Morgan fingerprint density at radius 3 is 2.32 bits per heavy atom. The molecule has 0 aliphatic heterocycles. The SMILES string of the molecule is CCCc1[nH]nc(C(=O)NC(CC)(CC)CC)c1N. The number of nitrogens with zero attached hydrogens (tertiary/aromatic N) is 1. The Balaban J connectivity index is 2.89. The quantitative estimate of drug-likeness (QED) is 0.709. The van der Waals surface area contributed by atoms with Gasteiger partial charge in [-0.25, -0.2) is 0 Å². The summed E-state index contributed by atoms with van der Waals surface area (Å²) < 4.78 is 0. The molecule has 4 N–H and O–H groups in total. The van der Waals surface area contributed by atoms with Crippen molar-refractivity contribution in [2.24, 2.45) is 0 Å². The molecule has 0 fully saturated rings. The average Bonchev–Trinajstić information content (AvgIpc) is 2.78. The third-order valence-corrected chi connectivity index (χ3v) is 4.01. The van der Waals surface area contributed by atoms with Crippen molar-refractivity contribution in [3.63, 3.8) is 0 Å². The Kier molecular flexibility index (Phi) is 5.39. The van der Waals surface area contributed by atoms with Crippen LogP contribution in [0.25, 0.3) is 0 Å². The molecule has 19 heavy (non-hydrogen) atoms. The van der Waals surface area contributed by atoms with Crippen LogP contribution in [0.2, 0.25) is 0 Å². The number of hydrogen-bond donors (Lipinski definition) is 3. The first-order valence-electron chi connectivity index (χ1n) is 7.18. The van der Waals surface area contributed by atoms with Crippen LogP contribution < -0.4 is 11.1 Å². The highest BCUT2D eigenvalue weighted by molar-refractivity contribution is 5.98. The van der Waals surface area contributed by atoms with Gasteiger partial charge in [0.1, 0.15) is 0 Å². The molecule has 1 rings (SSSR count). The van der Waals surface area contributed by atoms with Gasteiger partial charge in [0.25, 0.3) is 5.91 Å². The summed E-state index contributed by atoms with van der Waals surface area (Å²) in [4.78, 5) is 12.3. The lowest BCUT2D eigenvalue weighted by Gasteiger charge is -2.31. The molecule has 0 unspecified atom stereocenters. The van der Waals surface area contributed by atoms with Gasteiger partial charge >= 0.3 is 0 Å². The fourth-order valence-electron chi connectivity index (χ4n) is 2.32. The van der Waals surface area contributed by atoms with Gasteiger partial charge in [-0.05, 0) is 25.7 Å². The normalized spacial score (nSPS) is 11.6. The van der Waals surface area contributed by atoms with E-state index < -0.39 is 0 Å². The molecule has 0 aliphatic rings. The van der Waals surface area contributed by atoms with E-state index in [1.807, 2.05) is 0 Å². The Bertz CT molecular complexity index is 413. The number of rotatable bonds is 7. The number of nitrogen functional groups attached to an aromatic ring is 1. The zero-order chi connectivity index (χ0) is 14.5. The molecule has 108 valence electrons. The predicted octanol–water partition coefficient (Wildman–Crippen LogP) is 2.64. The Morgan fingerprint density at radius 1 is 1.26 bits per heavy atom. The molecule has 1 aromatic heterocycles. The van der Waals surface area contributed by atoms with Gasteiger partial charge in [0, 0.05) is 5.54 Å². The minimum Gasteiger partial charge on any atom is -0.395 e. The Labute approximate surface area is 115 Å². The highest BCUT2D eigenvalue weighted by Gasteiger charge is 2.28. The summed E-state index contributed by atoms with van der Waals surface area (Å²) in [5.74, 6) is -0.179. The van der Waals surface area contributed by atoms with Crippen molar-refractivity contribution < 1.29 is 4.79 Å². The molecule has 0 saturated carbocycles. The lowest BCUT2D eigenvalue weighted by Crippen LogP contribution is -2.47. The van der Waals surface area contributed by atoms with Crippen LogP contribution in [-0.2, 0) is 6.42 Å². The average molecular weight is 266 g/mol. The monoisotopic (exact) mass is 266 g/mol. The van der Waals surface area contributed by atoms with Gasteiger partial charge < -0.3 is 11.1 Å². The molecule has 1 heterocycles. The molecule has 0 aromatic carbocycles. The molecular weight excluding hydrogens is 240 g/mol. The first kappa shape index (κ1) is 15.5. The number of aromatic amines is 1. The zero-order valence-corrected chi connectivity index (χ0v) is 12.5. The largest absolute Gasteiger partial charge is 0.395 e. The van der Waals surface area contributed by atoms with E-state index in [0.717, 1.165) is 37.8 Å². The Morgan fingerprint density at radius 2 is 1.84 bits per heavy atom. The minimum absolute atomic E-state index is 0.159. The second kappa shape index (κ2) is 6.59. The predicted molar refractivity (Wildman–Crippen MR) is 78.1 cm³/mol. The maximum atomic E-state index is 12.3. The maximum Gasteiger partial charge on any atom is 0.274 e. The van der Waals surface area contributed by atoms with Crippen LogP contribution >= 0.6 is 0 Å². The highest BCUT2D eigenvalue weighted by Crippen LogP contribution is 2.22. The summed E-state index contributed by atoms with van der Waals surface area (Å²) in [6.07, 6.45) is 4.48. The molecule has 0 aliphatic carbocycles. The summed E-state index contributed by atoms with van der Waals surface area (Å²) in [6.45, 7) is 8.33. The van der Waals surface area contributed by atoms with Crippen molar-refractivity contribution in [2.45, 2.75) is 65.3 Å². The topological polar surface area (TPSA) is 83.8 Å². The number of amides is 1. The van der Waals surface area contributed by atoms with E-state index in [9.17, 15) is 4.79 Å². The summed E-state index contributed by atoms with van der Waals surface area (Å²) >= 11 is 0. The summed E-state index contributed by atoms with van der Waals surface area (Å²) in [5, 5.41) is 10.0. The van der Waals surface area contributed by atoms with Crippen LogP contribution in [0.4, 0.5) is 5.69 Å². The van der Waals surface area contributed by atoms with Crippen LogP contribution in [0.15, 0.2) is 0 Å². The van der Waals surface area contributed by atoms with E-state index in [-0.39, 0.29) is 11.4 Å². The molecule has 1 aromatic rings. The molecule has 0 radical (unpaired) electrons. The number of anilines is 1. The van der Waals surface area contributed by atoms with Crippen LogP contribution in [0.1, 0.15) is 69.6 Å². The number of aryl methyl sites for hydroxylation is 1. The van der Waals surface area contributed by atoms with Crippen molar-refractivity contribution in [3.8, 4) is 0 Å². The third-order valence-electron chi connectivity index (χ3n) is 4.01. The molecule has 0 saturated heterocycles. The van der Waals surface area contributed by atoms with Crippen LogP contribution in [0, 0.1) is 0 Å². The number of carbonyl (C=O) groups excluding carboxylic acids is 1. The fraction of sp³-hybridized carbons (Fsp3) is 0.714. The number of nitrogens with one attached hydrogen (secondary N) is 2. The van der Waals surface area contributed by atoms with Gasteiger partial charge in [-0.15, -0.1) is 0 Å². The molecule has 0 bridgehead atoms. The minimum atomic E-state index is -0.179. The van der Waals surface area contributed by atoms with Gasteiger partial charge in [-0.2, -0.15) is 5.10 Å². The lowest BCUT2D eigenvalue weighted by molar-refractivity contribution is 0.0884. The molecule has 5 heteroatoms. The second-order valence-electron chi connectivity index (χ2n) is 5.01. The van der Waals surface area contributed by atoms with Gasteiger partial charge in [-0.3, -0.25) is 9.89 Å². The molecular formula is C14H26N4O. The molecule has 0 atom stereocenters. The van der Waals surface area contributed by atoms with Crippen LogP contribution in [0.5, 0.6) is 0 Å². The maximum absolute atomic E-state index is 12.3. The number of H-pyrrole nitrogens is 1. The van der Waals surface area contributed by atoms with Crippen LogP contribution in [0.3, 0.4) is 0 Å². The smallest absolute Gasteiger partial charge is 0.274 e. The van der Waals surface area contributed by atoms with Gasteiger partial charge in [-0.1, -0.05) is 34.1 Å². The lowest BCUT2D eigenvalue weighted by atomic mass is 9.89. The fourth-order valence-corrected chi connectivity index (χ4v) is 2.32. The van der Waals surface area contributed by atoms with Crippen LogP contribution in [-0.4, -0.2) is 21.6 Å². The number of carbonyl (C=O) groups is 1. The summed E-state index contributed by atoms with van der Waals surface area (Å²) in [6, 6.07) is 0. The number of nitrogens with two attached hydrogens (primary N) is 1. The first-order chi connectivity index (χ1) is 9.03. The van der Waals surface area contributed by atoms with Crippen molar-refractivity contribution in [1.29, 1.82) is 0 Å². The van der Waals surface area contributed by atoms with Crippen molar-refractivity contribution in [3.05, 3.63) is 11.4 Å². The zero-order valence-electron chi connectivity index (χ0n) is 12.5. The van der Waals surface area contributed by atoms with E-state index in [1.165, 1.54) is 0 Å². The van der Waals surface area contributed by atoms with E-state index in [1.54, 1.807) is 0 Å². The van der Waals surface area contributed by atoms with E-state index in [0.29, 0.717) is 11.4 Å². The van der Waals surface area contributed by atoms with Gasteiger partial charge in [0.15, 0.2) is 5.69 Å². The second-order valence-corrected chi connectivity index (χ2v) is 5.01. The molecule has 5 nitrogen and oxygen atoms in total.